The highest BCUT2D eigenvalue weighted by Gasteiger charge is 2.45. The van der Waals surface area contributed by atoms with Crippen molar-refractivity contribution >= 4 is 60.6 Å². The first-order valence-corrected chi connectivity index (χ1v) is 24.7. The van der Waals surface area contributed by atoms with E-state index in [1.807, 2.05) is 61.2 Å². The summed E-state index contributed by atoms with van der Waals surface area (Å²) >= 11 is 6.98. The number of halogens is 1. The standard InChI is InChI=1S/C51H51BrN6O4S2/c1-30-31(2)63-51-45(30)47(54-42(29-44-53-23-27-62-44)50-56-55-32(3)58(50)51)34-11-18-40(19-12-34)61-26-5-4-6-33-21-24-57(25-22-33)38-15-9-35(10-16-38)48(60)46-41-20-17-39(59)28-43(41)64-49(46)36-7-13-37(52)14-8-36/h7-20,23,27-28,33,42,45,47,51,54,59H,4-6,21-22,24-26,29H2,1-3H3/t42-,45?,47?,51?/m0/s1. The summed E-state index contributed by atoms with van der Waals surface area (Å²) in [5.74, 6) is 4.55. The number of aryl methyl sites for hydroxylation is 1. The van der Waals surface area contributed by atoms with Crippen LogP contribution < -0.4 is 15.0 Å². The fraction of sp³-hybridized carbons (Fsp3) is 0.333. The molecule has 3 aliphatic heterocycles. The first-order valence-electron chi connectivity index (χ1n) is 22.2. The lowest BCUT2D eigenvalue weighted by Gasteiger charge is -2.33. The SMILES string of the molecule is CC1=C(C)C2C(c3ccc(OCCCCC4CCN(c5ccc(C(=O)c6c(-c7ccc(Br)cc7)sc7cc(O)ccc67)cc5)CC4)cc3)N[C@@H](Cc3ncco3)c3nnc(C)n3C2S1. The Morgan fingerprint density at radius 1 is 0.953 bits per heavy atom. The summed E-state index contributed by atoms with van der Waals surface area (Å²) in [6, 6.07) is 30.1. The molecule has 0 aliphatic carbocycles. The topological polar surface area (TPSA) is 119 Å². The van der Waals surface area contributed by atoms with E-state index in [0.29, 0.717) is 36.0 Å². The van der Waals surface area contributed by atoms with Crippen molar-refractivity contribution in [2.45, 2.75) is 76.8 Å². The molecule has 0 spiro atoms. The number of thiophene rings is 1. The summed E-state index contributed by atoms with van der Waals surface area (Å²) in [5, 5.41) is 24.4. The van der Waals surface area contributed by atoms with Crippen LogP contribution in [0.25, 0.3) is 20.5 Å². The molecular formula is C51H51BrN6O4S2. The van der Waals surface area contributed by atoms with Gasteiger partial charge in [-0.25, -0.2) is 4.98 Å². The normalized spacial score (nSPS) is 20.1. The number of unbranched alkanes of at least 4 members (excludes halogenated alkanes) is 1. The van der Waals surface area contributed by atoms with Gasteiger partial charge in [0.15, 0.2) is 17.5 Å². The molecule has 13 heteroatoms. The number of phenols is 1. The minimum Gasteiger partial charge on any atom is -0.508 e. The third kappa shape index (κ3) is 8.55. The third-order valence-electron chi connectivity index (χ3n) is 13.4. The van der Waals surface area contributed by atoms with Gasteiger partial charge >= 0.3 is 0 Å². The molecule has 0 bridgehead atoms. The monoisotopic (exact) mass is 954 g/mol. The van der Waals surface area contributed by atoms with Crippen molar-refractivity contribution in [3.05, 3.63) is 153 Å². The first kappa shape index (κ1) is 42.7. The second-order valence-electron chi connectivity index (χ2n) is 17.3. The van der Waals surface area contributed by atoms with E-state index >= 15 is 0 Å². The van der Waals surface area contributed by atoms with E-state index in [-0.39, 0.29) is 34.9 Å². The minimum atomic E-state index is -0.106. The summed E-state index contributed by atoms with van der Waals surface area (Å²) in [6.07, 6.45) is 9.60. The predicted molar refractivity (Wildman–Crippen MR) is 259 cm³/mol. The maximum Gasteiger partial charge on any atom is 0.195 e. The molecule has 0 saturated carbocycles. The first-order chi connectivity index (χ1) is 31.2. The van der Waals surface area contributed by atoms with Crippen molar-refractivity contribution in [2.24, 2.45) is 11.8 Å². The van der Waals surface area contributed by atoms with Gasteiger partial charge < -0.3 is 23.7 Å². The summed E-state index contributed by atoms with van der Waals surface area (Å²) < 4.78 is 16.2. The van der Waals surface area contributed by atoms with Gasteiger partial charge in [0.2, 0.25) is 0 Å². The molecule has 3 aromatic heterocycles. The van der Waals surface area contributed by atoms with Gasteiger partial charge in [0, 0.05) is 67.7 Å². The fourth-order valence-corrected chi connectivity index (χ4v) is 12.9. The number of ketones is 1. The molecule has 1 fully saturated rings. The number of piperidine rings is 1. The zero-order chi connectivity index (χ0) is 43.9. The highest BCUT2D eigenvalue weighted by Crippen LogP contribution is 2.56. The maximum absolute atomic E-state index is 14.1. The number of nitrogens with one attached hydrogen (secondary N) is 1. The number of hydrogen-bond donors (Lipinski definition) is 2. The van der Waals surface area contributed by atoms with Crippen molar-refractivity contribution in [1.82, 2.24) is 25.1 Å². The van der Waals surface area contributed by atoms with Gasteiger partial charge in [-0.15, -0.1) is 33.3 Å². The highest BCUT2D eigenvalue weighted by molar-refractivity contribution is 9.10. The largest absolute Gasteiger partial charge is 0.508 e. The van der Waals surface area contributed by atoms with Gasteiger partial charge in [-0.3, -0.25) is 10.1 Å². The van der Waals surface area contributed by atoms with Gasteiger partial charge in [0.05, 0.1) is 24.2 Å². The Bertz CT molecular complexity index is 2800. The Morgan fingerprint density at radius 3 is 2.48 bits per heavy atom. The molecule has 7 aromatic rings. The number of aromatic hydroxyl groups is 1. The van der Waals surface area contributed by atoms with Crippen LogP contribution in [0.4, 0.5) is 5.69 Å². The van der Waals surface area contributed by atoms with Crippen LogP contribution in [0.5, 0.6) is 11.5 Å². The summed E-state index contributed by atoms with van der Waals surface area (Å²) in [7, 11) is 0. The number of fused-ring (bicyclic) bond motifs is 4. The second kappa shape index (κ2) is 18.3. The number of carbonyl (C=O) groups excluding carboxylic acids is 1. The van der Waals surface area contributed by atoms with Gasteiger partial charge in [0.25, 0.3) is 0 Å². The number of ether oxygens (including phenoxy) is 1. The van der Waals surface area contributed by atoms with Crippen molar-refractivity contribution < 1.29 is 19.1 Å². The van der Waals surface area contributed by atoms with Crippen molar-refractivity contribution in [2.75, 3.05) is 24.6 Å². The zero-order valence-electron chi connectivity index (χ0n) is 36.2. The van der Waals surface area contributed by atoms with Crippen LogP contribution in [0, 0.1) is 18.8 Å². The number of thioether (sulfide) groups is 1. The number of carbonyl (C=O) groups is 1. The highest BCUT2D eigenvalue weighted by atomic mass is 79.9. The number of allylic oxidation sites excluding steroid dienone is 1. The predicted octanol–water partition coefficient (Wildman–Crippen LogP) is 12.4. The molecule has 1 saturated heterocycles. The number of aromatic nitrogens is 4. The average Bonchev–Trinajstić information content (AvgIpc) is 4.10. The lowest BCUT2D eigenvalue weighted by molar-refractivity contribution is 0.104. The van der Waals surface area contributed by atoms with Crippen LogP contribution in [-0.4, -0.2) is 50.3 Å². The van der Waals surface area contributed by atoms with E-state index in [1.165, 1.54) is 33.8 Å². The van der Waals surface area contributed by atoms with E-state index in [4.69, 9.17) is 9.15 Å². The van der Waals surface area contributed by atoms with Crippen LogP contribution in [0.1, 0.15) is 102 Å². The molecule has 3 unspecified atom stereocenters. The maximum atomic E-state index is 14.1. The lowest BCUT2D eigenvalue weighted by Crippen LogP contribution is -2.33. The number of nitrogens with zero attached hydrogens (tertiary/aromatic N) is 5. The van der Waals surface area contributed by atoms with Gasteiger partial charge in [0.1, 0.15) is 23.6 Å². The smallest absolute Gasteiger partial charge is 0.195 e. The molecule has 64 heavy (non-hydrogen) atoms. The van der Waals surface area contributed by atoms with Crippen LogP contribution in [0.15, 0.2) is 123 Å². The molecule has 10 rings (SSSR count). The molecule has 0 radical (unpaired) electrons. The second-order valence-corrected chi connectivity index (χ2v) is 20.6. The van der Waals surface area contributed by atoms with E-state index in [0.717, 1.165) is 86.9 Å². The quantitative estimate of drug-likeness (QED) is 0.0854. The van der Waals surface area contributed by atoms with Crippen molar-refractivity contribution in [1.29, 1.82) is 0 Å². The van der Waals surface area contributed by atoms with E-state index in [1.54, 1.807) is 24.6 Å². The number of benzene rings is 4. The Labute approximate surface area is 390 Å². The summed E-state index contributed by atoms with van der Waals surface area (Å²) in [6.45, 7) is 9.27. The molecule has 6 heterocycles. The van der Waals surface area contributed by atoms with E-state index in [2.05, 4.69) is 96.1 Å². The molecule has 10 nitrogen and oxygen atoms in total. The average molecular weight is 956 g/mol. The molecule has 0 amide bonds. The zero-order valence-corrected chi connectivity index (χ0v) is 39.4. The Hall–Kier alpha value is -5.21. The van der Waals surface area contributed by atoms with Crippen LogP contribution in [-0.2, 0) is 6.42 Å². The minimum absolute atomic E-state index is 0.00588. The van der Waals surface area contributed by atoms with Crippen LogP contribution >= 0.6 is 39.0 Å². The third-order valence-corrected chi connectivity index (χ3v) is 16.5. The van der Waals surface area contributed by atoms with Crippen LogP contribution in [0.3, 0.4) is 0 Å². The molecule has 328 valence electrons. The van der Waals surface area contributed by atoms with E-state index in [9.17, 15) is 9.90 Å². The van der Waals surface area contributed by atoms with Gasteiger partial charge in [-0.2, -0.15) is 0 Å². The van der Waals surface area contributed by atoms with Gasteiger partial charge in [-0.1, -0.05) is 52.2 Å². The van der Waals surface area contributed by atoms with Gasteiger partial charge in [-0.05, 0) is 135 Å². The number of rotatable bonds is 13. The lowest BCUT2D eigenvalue weighted by atomic mass is 9.86. The Kier molecular flexibility index (Phi) is 12.2. The molecule has 3 aliphatic rings. The van der Waals surface area contributed by atoms with Crippen LogP contribution in [0.2, 0.25) is 0 Å². The molecule has 4 atom stereocenters. The number of anilines is 1. The van der Waals surface area contributed by atoms with Crippen molar-refractivity contribution in [3.63, 3.8) is 0 Å². The molecular weight excluding hydrogens is 905 g/mol. The fourth-order valence-electron chi connectivity index (χ4n) is 9.80. The van der Waals surface area contributed by atoms with Crippen molar-refractivity contribution in [3.8, 4) is 21.9 Å². The van der Waals surface area contributed by atoms with E-state index < -0.39 is 0 Å². The summed E-state index contributed by atoms with van der Waals surface area (Å²) in [4.78, 5) is 23.3. The Morgan fingerprint density at radius 2 is 1.73 bits per heavy atom. The Balaban J connectivity index is 0.714. The molecule has 4 aromatic carbocycles. The number of hydrogen-bond acceptors (Lipinski definition) is 11. The number of oxazole rings is 1. The summed E-state index contributed by atoms with van der Waals surface area (Å²) in [5.41, 5.74) is 6.11. The number of phenolic OH excluding ortho intramolecular Hbond substituents is 1. The molecule has 2 N–H and O–H groups in total.